The van der Waals surface area contributed by atoms with Crippen molar-refractivity contribution in [3.63, 3.8) is 0 Å². The van der Waals surface area contributed by atoms with Crippen LogP contribution in [0.5, 0.6) is 0 Å². The Balaban J connectivity index is 2.06. The summed E-state index contributed by atoms with van der Waals surface area (Å²) >= 11 is 2.03. The monoisotopic (exact) mass is 237 g/mol. The summed E-state index contributed by atoms with van der Waals surface area (Å²) in [6.45, 7) is 4.42. The van der Waals surface area contributed by atoms with E-state index in [9.17, 15) is 0 Å². The van der Waals surface area contributed by atoms with E-state index in [4.69, 9.17) is 0 Å². The van der Waals surface area contributed by atoms with Crippen LogP contribution < -0.4 is 10.2 Å². The van der Waals surface area contributed by atoms with Gasteiger partial charge in [-0.2, -0.15) is 11.8 Å². The fraction of sp³-hybridized carbons (Fsp3) is 0.583. The van der Waals surface area contributed by atoms with Crippen LogP contribution in [-0.4, -0.2) is 36.6 Å². The van der Waals surface area contributed by atoms with Gasteiger partial charge in [-0.15, -0.1) is 0 Å². The van der Waals surface area contributed by atoms with Crippen molar-refractivity contribution < 1.29 is 0 Å². The molecule has 0 spiro atoms. The van der Waals surface area contributed by atoms with Crippen molar-refractivity contribution in [3.05, 3.63) is 24.0 Å². The zero-order chi connectivity index (χ0) is 11.4. The summed E-state index contributed by atoms with van der Waals surface area (Å²) in [5.74, 6) is 2.46. The van der Waals surface area contributed by atoms with Gasteiger partial charge in [-0.1, -0.05) is 0 Å². The number of aromatic nitrogens is 1. The van der Waals surface area contributed by atoms with Gasteiger partial charge in [-0.25, -0.2) is 0 Å². The van der Waals surface area contributed by atoms with E-state index in [0.29, 0.717) is 6.04 Å². The van der Waals surface area contributed by atoms with Crippen molar-refractivity contribution in [3.8, 4) is 0 Å². The van der Waals surface area contributed by atoms with Crippen molar-refractivity contribution in [1.82, 2.24) is 10.3 Å². The first-order chi connectivity index (χ1) is 7.81. The molecule has 0 saturated carbocycles. The molecular weight excluding hydrogens is 218 g/mol. The molecular formula is C12H19N3S. The van der Waals surface area contributed by atoms with Gasteiger partial charge in [0.2, 0.25) is 0 Å². The number of anilines is 1. The highest BCUT2D eigenvalue weighted by molar-refractivity contribution is 7.99. The van der Waals surface area contributed by atoms with Crippen LogP contribution in [0.15, 0.2) is 18.3 Å². The van der Waals surface area contributed by atoms with Crippen LogP contribution >= 0.6 is 11.8 Å². The Hall–Kier alpha value is -0.740. The van der Waals surface area contributed by atoms with E-state index >= 15 is 0 Å². The van der Waals surface area contributed by atoms with E-state index in [2.05, 4.69) is 34.3 Å². The van der Waals surface area contributed by atoms with Gasteiger partial charge in [-0.05, 0) is 26.1 Å². The second kappa shape index (κ2) is 5.55. The number of pyridine rings is 1. The lowest BCUT2D eigenvalue weighted by molar-refractivity contribution is 0.632. The lowest BCUT2D eigenvalue weighted by Crippen LogP contribution is -2.32. The summed E-state index contributed by atoms with van der Waals surface area (Å²) < 4.78 is 0. The molecule has 1 atom stereocenters. The van der Waals surface area contributed by atoms with Crippen molar-refractivity contribution in [1.29, 1.82) is 0 Å². The molecule has 1 fully saturated rings. The second-order valence-corrected chi connectivity index (χ2v) is 5.28. The molecule has 2 rings (SSSR count). The first kappa shape index (κ1) is 11.7. The van der Waals surface area contributed by atoms with Gasteiger partial charge >= 0.3 is 0 Å². The van der Waals surface area contributed by atoms with Crippen molar-refractivity contribution >= 4 is 17.4 Å². The van der Waals surface area contributed by atoms with Crippen LogP contribution in [0.3, 0.4) is 0 Å². The smallest absolute Gasteiger partial charge is 0.0571 e. The fourth-order valence-electron chi connectivity index (χ4n) is 1.81. The van der Waals surface area contributed by atoms with Crippen LogP contribution in [-0.2, 0) is 0 Å². The number of rotatable bonds is 3. The van der Waals surface area contributed by atoms with E-state index in [1.54, 1.807) is 0 Å². The Bertz CT molecular complexity index is 320. The van der Waals surface area contributed by atoms with Gasteiger partial charge in [0.25, 0.3) is 0 Å². The first-order valence-electron chi connectivity index (χ1n) is 5.77. The van der Waals surface area contributed by atoms with Gasteiger partial charge in [0.1, 0.15) is 0 Å². The average Bonchev–Trinajstić information content (AvgIpc) is 2.39. The highest BCUT2D eigenvalue weighted by Gasteiger charge is 2.12. The number of hydrogen-bond acceptors (Lipinski definition) is 4. The largest absolute Gasteiger partial charge is 0.369 e. The third-order valence-corrected chi connectivity index (χ3v) is 3.97. The molecule has 1 aromatic heterocycles. The number of nitrogens with zero attached hydrogens (tertiary/aromatic N) is 2. The summed E-state index contributed by atoms with van der Waals surface area (Å²) in [7, 11) is 1.96. The molecule has 88 valence electrons. The molecule has 1 aliphatic heterocycles. The molecule has 1 aromatic rings. The lowest BCUT2D eigenvalue weighted by atomic mass is 10.2. The molecule has 0 amide bonds. The van der Waals surface area contributed by atoms with E-state index < -0.39 is 0 Å². The Morgan fingerprint density at radius 1 is 1.38 bits per heavy atom. The minimum atomic E-state index is 0.325. The Labute approximate surface area is 102 Å². The molecule has 0 bridgehead atoms. The summed E-state index contributed by atoms with van der Waals surface area (Å²) in [6, 6.07) is 4.63. The molecule has 0 aliphatic carbocycles. The normalized spacial score (nSPS) is 18.5. The molecule has 2 heterocycles. The van der Waals surface area contributed by atoms with Crippen LogP contribution in [0.2, 0.25) is 0 Å². The SMILES string of the molecule is CNC(C)c1ccc(N2CCSCC2)cn1. The quantitative estimate of drug-likeness (QED) is 0.869. The molecule has 1 aliphatic rings. The van der Waals surface area contributed by atoms with Crippen molar-refractivity contribution in [2.24, 2.45) is 0 Å². The third-order valence-electron chi connectivity index (χ3n) is 3.02. The maximum absolute atomic E-state index is 4.51. The van der Waals surface area contributed by atoms with Crippen LogP contribution in [0.4, 0.5) is 5.69 Å². The minimum absolute atomic E-state index is 0.325. The standard InChI is InChI=1S/C12H19N3S/c1-10(13-2)12-4-3-11(9-14-12)15-5-7-16-8-6-15/h3-4,9-10,13H,5-8H2,1-2H3. The molecule has 3 nitrogen and oxygen atoms in total. The van der Waals surface area contributed by atoms with Crippen LogP contribution in [0.25, 0.3) is 0 Å². The highest BCUT2D eigenvalue weighted by atomic mass is 32.2. The zero-order valence-corrected chi connectivity index (χ0v) is 10.8. The van der Waals surface area contributed by atoms with E-state index in [0.717, 1.165) is 18.8 Å². The van der Waals surface area contributed by atoms with Gasteiger partial charge in [0.15, 0.2) is 0 Å². The van der Waals surface area contributed by atoms with Crippen molar-refractivity contribution in [2.75, 3.05) is 36.5 Å². The molecule has 1 saturated heterocycles. The predicted molar refractivity (Wildman–Crippen MR) is 71.2 cm³/mol. The third kappa shape index (κ3) is 2.68. The number of nitrogens with one attached hydrogen (secondary N) is 1. The molecule has 1 unspecified atom stereocenters. The predicted octanol–water partition coefficient (Wildman–Crippen LogP) is 1.92. The molecule has 0 aromatic carbocycles. The minimum Gasteiger partial charge on any atom is -0.369 e. The average molecular weight is 237 g/mol. The van der Waals surface area contributed by atoms with Gasteiger partial charge < -0.3 is 10.2 Å². The lowest BCUT2D eigenvalue weighted by Gasteiger charge is -2.28. The fourth-order valence-corrected chi connectivity index (χ4v) is 2.71. The summed E-state index contributed by atoms with van der Waals surface area (Å²) in [6.07, 6.45) is 2.00. The molecule has 0 radical (unpaired) electrons. The van der Waals surface area contributed by atoms with Crippen LogP contribution in [0, 0.1) is 0 Å². The van der Waals surface area contributed by atoms with Gasteiger partial charge in [0, 0.05) is 30.6 Å². The number of thioether (sulfide) groups is 1. The number of hydrogen-bond donors (Lipinski definition) is 1. The zero-order valence-electron chi connectivity index (χ0n) is 9.94. The van der Waals surface area contributed by atoms with E-state index in [-0.39, 0.29) is 0 Å². The molecule has 1 N–H and O–H groups in total. The van der Waals surface area contributed by atoms with E-state index in [1.165, 1.54) is 17.2 Å². The summed E-state index contributed by atoms with van der Waals surface area (Å²) in [4.78, 5) is 6.93. The molecule has 4 heteroatoms. The second-order valence-electron chi connectivity index (χ2n) is 4.05. The molecule has 16 heavy (non-hydrogen) atoms. The summed E-state index contributed by atoms with van der Waals surface area (Å²) in [5.41, 5.74) is 2.37. The summed E-state index contributed by atoms with van der Waals surface area (Å²) in [5, 5.41) is 3.20. The maximum Gasteiger partial charge on any atom is 0.0571 e. The maximum atomic E-state index is 4.51. The Kier molecular flexibility index (Phi) is 4.07. The Morgan fingerprint density at radius 2 is 2.12 bits per heavy atom. The van der Waals surface area contributed by atoms with E-state index in [1.807, 2.05) is 25.0 Å². The van der Waals surface area contributed by atoms with Crippen molar-refractivity contribution in [2.45, 2.75) is 13.0 Å². The topological polar surface area (TPSA) is 28.2 Å². The van der Waals surface area contributed by atoms with Gasteiger partial charge in [0.05, 0.1) is 17.6 Å². The Morgan fingerprint density at radius 3 is 2.69 bits per heavy atom. The van der Waals surface area contributed by atoms with Crippen LogP contribution in [0.1, 0.15) is 18.7 Å². The van der Waals surface area contributed by atoms with Gasteiger partial charge in [-0.3, -0.25) is 4.98 Å². The highest BCUT2D eigenvalue weighted by Crippen LogP contribution is 2.19. The first-order valence-corrected chi connectivity index (χ1v) is 6.92.